The highest BCUT2D eigenvalue weighted by Crippen LogP contribution is 2.23. The van der Waals surface area contributed by atoms with E-state index < -0.39 is 0 Å². The predicted molar refractivity (Wildman–Crippen MR) is 118 cm³/mol. The van der Waals surface area contributed by atoms with Gasteiger partial charge in [-0.3, -0.25) is 9.36 Å². The third-order valence-electron chi connectivity index (χ3n) is 6.02. The molecule has 1 fully saturated rings. The highest BCUT2D eigenvalue weighted by molar-refractivity contribution is 5.80. The van der Waals surface area contributed by atoms with Crippen LogP contribution in [0.5, 0.6) is 5.75 Å². The molecule has 1 aromatic heterocycles. The van der Waals surface area contributed by atoms with E-state index in [9.17, 15) is 9.59 Å². The number of hydrogen-bond donors (Lipinski definition) is 1. The number of hydrogen-bond acceptors (Lipinski definition) is 3. The van der Waals surface area contributed by atoms with Gasteiger partial charge >= 0.3 is 5.69 Å². The van der Waals surface area contributed by atoms with Crippen molar-refractivity contribution in [3.63, 3.8) is 0 Å². The van der Waals surface area contributed by atoms with Gasteiger partial charge in [0, 0.05) is 13.1 Å². The topological polar surface area (TPSA) is 67.3 Å². The molecule has 1 saturated heterocycles. The van der Waals surface area contributed by atoms with Crippen LogP contribution < -0.4 is 10.4 Å². The van der Waals surface area contributed by atoms with Crippen molar-refractivity contribution in [2.24, 2.45) is 5.92 Å². The van der Waals surface area contributed by atoms with Crippen molar-refractivity contribution >= 4 is 16.9 Å². The molecule has 158 valence electrons. The maximum Gasteiger partial charge on any atom is 0.326 e. The van der Waals surface area contributed by atoms with Crippen LogP contribution in [0.4, 0.5) is 0 Å². The van der Waals surface area contributed by atoms with Crippen molar-refractivity contribution in [2.75, 3.05) is 19.7 Å². The van der Waals surface area contributed by atoms with Crippen molar-refractivity contribution in [2.45, 2.75) is 39.2 Å². The Bertz CT molecular complexity index is 1040. The molecule has 30 heavy (non-hydrogen) atoms. The van der Waals surface area contributed by atoms with Gasteiger partial charge in [-0.2, -0.15) is 0 Å². The summed E-state index contributed by atoms with van der Waals surface area (Å²) in [4.78, 5) is 29.7. The molecule has 1 aliphatic heterocycles. The fraction of sp³-hybridized carbons (Fsp3) is 0.417. The fourth-order valence-corrected chi connectivity index (χ4v) is 4.26. The first-order chi connectivity index (χ1) is 14.6. The maximum atomic E-state index is 12.8. The van der Waals surface area contributed by atoms with E-state index in [1.165, 1.54) is 10.1 Å². The second kappa shape index (κ2) is 9.20. The largest absolute Gasteiger partial charge is 0.494 e. The second-order valence-corrected chi connectivity index (χ2v) is 7.97. The van der Waals surface area contributed by atoms with Crippen molar-refractivity contribution < 1.29 is 9.53 Å². The number of piperidine rings is 1. The van der Waals surface area contributed by atoms with E-state index in [1.54, 1.807) is 0 Å². The van der Waals surface area contributed by atoms with Crippen molar-refractivity contribution in [1.82, 2.24) is 14.5 Å². The molecule has 2 heterocycles. The van der Waals surface area contributed by atoms with E-state index in [0.29, 0.717) is 12.5 Å². The summed E-state index contributed by atoms with van der Waals surface area (Å²) in [6.45, 7) is 4.31. The van der Waals surface area contributed by atoms with Gasteiger partial charge in [-0.05, 0) is 68.4 Å². The number of carbonyl (C=O) groups excluding carboxylic acids is 1. The van der Waals surface area contributed by atoms with Gasteiger partial charge in [-0.15, -0.1) is 0 Å². The fourth-order valence-electron chi connectivity index (χ4n) is 4.26. The number of aromatic amines is 1. The smallest absolute Gasteiger partial charge is 0.326 e. The number of amides is 1. The summed E-state index contributed by atoms with van der Waals surface area (Å²) in [5, 5.41) is 0. The van der Waals surface area contributed by atoms with Crippen LogP contribution in [0.25, 0.3) is 11.0 Å². The summed E-state index contributed by atoms with van der Waals surface area (Å²) in [5.41, 5.74) is 2.65. The second-order valence-electron chi connectivity index (χ2n) is 7.97. The molecule has 0 aliphatic carbocycles. The molecule has 1 aliphatic rings. The van der Waals surface area contributed by atoms with Gasteiger partial charge in [-0.1, -0.05) is 24.3 Å². The van der Waals surface area contributed by atoms with Gasteiger partial charge in [0.2, 0.25) is 5.91 Å². The van der Waals surface area contributed by atoms with Crippen molar-refractivity contribution in [3.05, 3.63) is 64.6 Å². The Morgan fingerprint density at radius 1 is 1.10 bits per heavy atom. The van der Waals surface area contributed by atoms with E-state index >= 15 is 0 Å². The molecule has 4 rings (SSSR count). The van der Waals surface area contributed by atoms with E-state index in [4.69, 9.17) is 4.74 Å². The number of carbonyl (C=O) groups is 1. The molecular weight excluding hydrogens is 378 g/mol. The Hall–Kier alpha value is -3.02. The maximum absolute atomic E-state index is 12.8. The highest BCUT2D eigenvalue weighted by atomic mass is 16.5. The summed E-state index contributed by atoms with van der Waals surface area (Å²) in [7, 11) is 0. The molecular formula is C24H29N3O3. The van der Waals surface area contributed by atoms with Gasteiger partial charge in [0.1, 0.15) is 12.3 Å². The zero-order valence-corrected chi connectivity index (χ0v) is 17.5. The molecule has 0 spiro atoms. The molecule has 1 N–H and O–H groups in total. The first kappa shape index (κ1) is 20.3. The minimum Gasteiger partial charge on any atom is -0.494 e. The minimum atomic E-state index is -0.227. The number of nitrogens with zero attached hydrogens (tertiary/aromatic N) is 2. The van der Waals surface area contributed by atoms with E-state index in [-0.39, 0.29) is 18.1 Å². The zero-order valence-electron chi connectivity index (χ0n) is 17.5. The van der Waals surface area contributed by atoms with Crippen LogP contribution in [0.15, 0.2) is 53.3 Å². The van der Waals surface area contributed by atoms with Gasteiger partial charge < -0.3 is 14.6 Å². The quantitative estimate of drug-likeness (QED) is 0.651. The standard InChI is InChI=1S/C24H29N3O3/c1-2-30-20-11-9-18(10-12-20)7-8-19-13-15-26(16-14-19)23(28)17-27-22-6-4-3-5-21(22)25-24(27)29/h3-6,9-12,19H,2,7-8,13-17H2,1H3,(H,25,29). The zero-order chi connectivity index (χ0) is 20.9. The number of aromatic nitrogens is 2. The van der Waals surface area contributed by atoms with Gasteiger partial charge in [0.25, 0.3) is 0 Å². The molecule has 6 heteroatoms. The Kier molecular flexibility index (Phi) is 6.21. The lowest BCUT2D eigenvalue weighted by Gasteiger charge is -2.32. The minimum absolute atomic E-state index is 0.0202. The predicted octanol–water partition coefficient (Wildman–Crippen LogP) is 3.60. The Balaban J connectivity index is 1.27. The molecule has 2 aromatic carbocycles. The lowest BCUT2D eigenvalue weighted by molar-refractivity contribution is -0.133. The lowest BCUT2D eigenvalue weighted by atomic mass is 9.90. The third-order valence-corrected chi connectivity index (χ3v) is 6.02. The van der Waals surface area contributed by atoms with Crippen LogP contribution in [-0.4, -0.2) is 40.1 Å². The van der Waals surface area contributed by atoms with Gasteiger partial charge in [0.15, 0.2) is 0 Å². The average molecular weight is 408 g/mol. The number of ether oxygens (including phenoxy) is 1. The van der Waals surface area contributed by atoms with Crippen LogP contribution in [0.3, 0.4) is 0 Å². The summed E-state index contributed by atoms with van der Waals surface area (Å²) in [6.07, 6.45) is 4.23. The van der Waals surface area contributed by atoms with Crippen LogP contribution in [0, 0.1) is 5.92 Å². The van der Waals surface area contributed by atoms with Crippen molar-refractivity contribution in [1.29, 1.82) is 0 Å². The Labute approximate surface area is 176 Å². The molecule has 6 nitrogen and oxygen atoms in total. The van der Waals surface area contributed by atoms with Crippen LogP contribution in [0.2, 0.25) is 0 Å². The Morgan fingerprint density at radius 2 is 1.83 bits per heavy atom. The number of rotatable bonds is 7. The summed E-state index contributed by atoms with van der Waals surface area (Å²) in [5.74, 6) is 1.57. The summed E-state index contributed by atoms with van der Waals surface area (Å²) < 4.78 is 7.03. The number of likely N-dealkylation sites (tertiary alicyclic amines) is 1. The molecule has 0 saturated carbocycles. The first-order valence-electron chi connectivity index (χ1n) is 10.8. The Morgan fingerprint density at radius 3 is 2.57 bits per heavy atom. The molecule has 0 atom stereocenters. The lowest BCUT2D eigenvalue weighted by Crippen LogP contribution is -2.41. The van der Waals surface area contributed by atoms with E-state index in [2.05, 4.69) is 17.1 Å². The van der Waals surface area contributed by atoms with E-state index in [1.807, 2.05) is 48.2 Å². The van der Waals surface area contributed by atoms with Crippen molar-refractivity contribution in [3.8, 4) is 5.75 Å². The molecule has 3 aromatic rings. The van der Waals surface area contributed by atoms with Crippen LogP contribution in [-0.2, 0) is 17.8 Å². The average Bonchev–Trinajstić information content (AvgIpc) is 3.09. The molecule has 0 unspecified atom stereocenters. The number of nitrogens with one attached hydrogen (secondary N) is 1. The molecule has 0 bridgehead atoms. The summed E-state index contributed by atoms with van der Waals surface area (Å²) in [6, 6.07) is 15.8. The molecule has 1 amide bonds. The highest BCUT2D eigenvalue weighted by Gasteiger charge is 2.23. The number of para-hydroxylation sites is 2. The van der Waals surface area contributed by atoms with Gasteiger partial charge in [0.05, 0.1) is 17.6 Å². The van der Waals surface area contributed by atoms with E-state index in [0.717, 1.165) is 55.6 Å². The number of H-pyrrole nitrogens is 1. The van der Waals surface area contributed by atoms with Gasteiger partial charge in [-0.25, -0.2) is 4.79 Å². The third kappa shape index (κ3) is 4.58. The van der Waals surface area contributed by atoms with Crippen LogP contribution >= 0.6 is 0 Å². The normalized spacial score (nSPS) is 14.9. The number of imidazole rings is 1. The molecule has 0 radical (unpaired) electrons. The SMILES string of the molecule is CCOc1ccc(CCC2CCN(C(=O)Cn3c(=O)[nH]c4ccccc43)CC2)cc1. The summed E-state index contributed by atoms with van der Waals surface area (Å²) >= 11 is 0. The number of fused-ring (bicyclic) bond motifs is 1. The monoisotopic (exact) mass is 407 g/mol. The first-order valence-corrected chi connectivity index (χ1v) is 10.8. The number of benzene rings is 2. The number of aryl methyl sites for hydroxylation is 1. The van der Waals surface area contributed by atoms with Crippen LogP contribution in [0.1, 0.15) is 31.7 Å².